The van der Waals surface area contributed by atoms with Crippen molar-refractivity contribution in [3.05, 3.63) is 16.1 Å². The number of thiazole rings is 1. The third-order valence-corrected chi connectivity index (χ3v) is 5.44. The summed E-state index contributed by atoms with van der Waals surface area (Å²) in [7, 11) is 0. The minimum atomic E-state index is 0.0935. The van der Waals surface area contributed by atoms with Gasteiger partial charge in [-0.15, -0.1) is 11.3 Å². The molecule has 2 saturated heterocycles. The standard InChI is InChI=1S/C16H24N2O3S/c1-12-11-22-16(17-12)13-4-2-6-18(8-13)15(19)10-20-9-14-5-3-7-21-14/h11,13-14H,2-10H2,1H3/t13-,14-/m1/s1. The molecule has 1 amide bonds. The summed E-state index contributed by atoms with van der Waals surface area (Å²) in [5.74, 6) is 0.477. The molecule has 1 aromatic heterocycles. The Morgan fingerprint density at radius 2 is 2.41 bits per heavy atom. The molecule has 2 fully saturated rings. The number of carbonyl (C=O) groups excluding carboxylic acids is 1. The zero-order chi connectivity index (χ0) is 15.4. The van der Waals surface area contributed by atoms with E-state index in [-0.39, 0.29) is 18.6 Å². The first-order valence-corrected chi connectivity index (χ1v) is 8.99. The largest absolute Gasteiger partial charge is 0.376 e. The monoisotopic (exact) mass is 324 g/mol. The van der Waals surface area contributed by atoms with Gasteiger partial charge in [0, 0.05) is 36.7 Å². The number of likely N-dealkylation sites (tertiary alicyclic amines) is 1. The smallest absolute Gasteiger partial charge is 0.248 e. The first-order valence-electron chi connectivity index (χ1n) is 8.11. The molecule has 0 aromatic carbocycles. The van der Waals surface area contributed by atoms with Gasteiger partial charge >= 0.3 is 0 Å². The number of carbonyl (C=O) groups is 1. The Kier molecular flexibility index (Phi) is 5.44. The molecule has 6 heteroatoms. The van der Waals surface area contributed by atoms with Gasteiger partial charge in [-0.3, -0.25) is 4.79 Å². The molecule has 0 unspecified atom stereocenters. The van der Waals surface area contributed by atoms with Gasteiger partial charge < -0.3 is 14.4 Å². The minimum Gasteiger partial charge on any atom is -0.376 e. The van der Waals surface area contributed by atoms with Crippen LogP contribution in [0.5, 0.6) is 0 Å². The minimum absolute atomic E-state index is 0.0935. The first-order chi connectivity index (χ1) is 10.7. The number of hydrogen-bond acceptors (Lipinski definition) is 5. The molecule has 5 nitrogen and oxygen atoms in total. The van der Waals surface area contributed by atoms with E-state index in [1.54, 1.807) is 11.3 Å². The highest BCUT2D eigenvalue weighted by molar-refractivity contribution is 7.09. The molecule has 2 aliphatic rings. The van der Waals surface area contributed by atoms with Crippen LogP contribution in [-0.2, 0) is 14.3 Å². The van der Waals surface area contributed by atoms with Gasteiger partial charge in [0.2, 0.25) is 5.91 Å². The van der Waals surface area contributed by atoms with Crippen molar-refractivity contribution in [3.8, 4) is 0 Å². The molecule has 1 aromatic rings. The van der Waals surface area contributed by atoms with Gasteiger partial charge in [0.15, 0.2) is 0 Å². The Morgan fingerprint density at radius 1 is 1.50 bits per heavy atom. The predicted molar refractivity (Wildman–Crippen MR) is 85.2 cm³/mol. The molecular weight excluding hydrogens is 300 g/mol. The third kappa shape index (κ3) is 4.06. The predicted octanol–water partition coefficient (Wildman–Crippen LogP) is 2.35. The van der Waals surface area contributed by atoms with Crippen LogP contribution in [-0.4, -0.2) is 54.8 Å². The normalized spacial score (nSPS) is 25.6. The summed E-state index contributed by atoms with van der Waals surface area (Å²) < 4.78 is 11.0. The summed E-state index contributed by atoms with van der Waals surface area (Å²) in [6.45, 7) is 5.16. The van der Waals surface area contributed by atoms with Gasteiger partial charge in [0.25, 0.3) is 0 Å². The van der Waals surface area contributed by atoms with Crippen molar-refractivity contribution in [2.24, 2.45) is 0 Å². The van der Waals surface area contributed by atoms with Gasteiger partial charge in [-0.1, -0.05) is 0 Å². The maximum Gasteiger partial charge on any atom is 0.248 e. The molecule has 2 aliphatic heterocycles. The number of piperidine rings is 1. The Hall–Kier alpha value is -0.980. The van der Waals surface area contributed by atoms with Crippen LogP contribution in [0.25, 0.3) is 0 Å². The molecule has 3 rings (SSSR count). The molecule has 122 valence electrons. The van der Waals surface area contributed by atoms with E-state index in [2.05, 4.69) is 10.4 Å². The van der Waals surface area contributed by atoms with Crippen molar-refractivity contribution in [1.29, 1.82) is 0 Å². The summed E-state index contributed by atoms with van der Waals surface area (Å²) in [4.78, 5) is 18.8. The van der Waals surface area contributed by atoms with E-state index in [1.165, 1.54) is 0 Å². The summed E-state index contributed by atoms with van der Waals surface area (Å²) in [6.07, 6.45) is 4.49. The maximum absolute atomic E-state index is 12.3. The number of nitrogens with zero attached hydrogens (tertiary/aromatic N) is 2. The van der Waals surface area contributed by atoms with E-state index in [0.717, 1.165) is 56.1 Å². The summed E-state index contributed by atoms with van der Waals surface area (Å²) in [5, 5.41) is 3.25. The molecule has 0 aliphatic carbocycles. The fourth-order valence-corrected chi connectivity index (χ4v) is 4.04. The number of aryl methyl sites for hydroxylation is 1. The second kappa shape index (κ2) is 7.53. The SMILES string of the molecule is Cc1csc([C@@H]2CCCN(C(=O)COC[C@H]3CCCO3)C2)n1. The van der Waals surface area contributed by atoms with Crippen LogP contribution in [0.4, 0.5) is 0 Å². The Balaban J connectivity index is 1.45. The number of ether oxygens (including phenoxy) is 2. The highest BCUT2D eigenvalue weighted by atomic mass is 32.1. The van der Waals surface area contributed by atoms with Crippen molar-refractivity contribution in [2.75, 3.05) is 32.9 Å². The van der Waals surface area contributed by atoms with Gasteiger partial charge in [-0.05, 0) is 32.6 Å². The molecule has 0 saturated carbocycles. The lowest BCUT2D eigenvalue weighted by atomic mass is 9.99. The van der Waals surface area contributed by atoms with Gasteiger partial charge in [0.05, 0.1) is 17.7 Å². The second-order valence-corrected chi connectivity index (χ2v) is 7.05. The van der Waals surface area contributed by atoms with Crippen LogP contribution in [0.15, 0.2) is 5.38 Å². The molecule has 0 spiro atoms. The zero-order valence-corrected chi connectivity index (χ0v) is 13.9. The van der Waals surface area contributed by atoms with Crippen molar-refractivity contribution >= 4 is 17.2 Å². The lowest BCUT2D eigenvalue weighted by molar-refractivity contribution is -0.138. The quantitative estimate of drug-likeness (QED) is 0.834. The lowest BCUT2D eigenvalue weighted by Crippen LogP contribution is -2.41. The molecule has 22 heavy (non-hydrogen) atoms. The molecule has 0 bridgehead atoms. The molecule has 0 N–H and O–H groups in total. The summed E-state index contributed by atoms with van der Waals surface area (Å²) >= 11 is 1.71. The van der Waals surface area contributed by atoms with Crippen LogP contribution in [0.1, 0.15) is 42.3 Å². The average molecular weight is 324 g/mol. The van der Waals surface area contributed by atoms with Crippen molar-refractivity contribution in [2.45, 2.75) is 44.6 Å². The van der Waals surface area contributed by atoms with Crippen molar-refractivity contribution < 1.29 is 14.3 Å². The highest BCUT2D eigenvalue weighted by Gasteiger charge is 2.26. The topological polar surface area (TPSA) is 51.7 Å². The van der Waals surface area contributed by atoms with Crippen LogP contribution in [0.2, 0.25) is 0 Å². The van der Waals surface area contributed by atoms with Gasteiger partial charge in [0.1, 0.15) is 6.61 Å². The molecule has 2 atom stereocenters. The number of aromatic nitrogens is 1. The molecule has 3 heterocycles. The summed E-state index contributed by atoms with van der Waals surface area (Å²) in [6, 6.07) is 0. The molecule has 0 radical (unpaired) electrons. The Morgan fingerprint density at radius 3 is 3.14 bits per heavy atom. The van der Waals surface area contributed by atoms with Gasteiger partial charge in [-0.2, -0.15) is 0 Å². The Labute approximate surface area is 135 Å². The van der Waals surface area contributed by atoms with Crippen LogP contribution >= 0.6 is 11.3 Å². The number of hydrogen-bond donors (Lipinski definition) is 0. The van der Waals surface area contributed by atoms with Crippen LogP contribution in [0.3, 0.4) is 0 Å². The van der Waals surface area contributed by atoms with Crippen molar-refractivity contribution in [1.82, 2.24) is 9.88 Å². The Bertz CT molecular complexity index is 499. The first kappa shape index (κ1) is 15.9. The van der Waals surface area contributed by atoms with Crippen LogP contribution in [0, 0.1) is 6.92 Å². The summed E-state index contributed by atoms with van der Waals surface area (Å²) in [5.41, 5.74) is 1.07. The fraction of sp³-hybridized carbons (Fsp3) is 0.750. The van der Waals surface area contributed by atoms with E-state index in [4.69, 9.17) is 9.47 Å². The number of amides is 1. The van der Waals surface area contributed by atoms with Crippen LogP contribution < -0.4 is 0 Å². The van der Waals surface area contributed by atoms with E-state index < -0.39 is 0 Å². The molecular formula is C16H24N2O3S. The maximum atomic E-state index is 12.3. The third-order valence-electron chi connectivity index (χ3n) is 4.31. The van der Waals surface area contributed by atoms with E-state index in [9.17, 15) is 4.79 Å². The van der Waals surface area contributed by atoms with Gasteiger partial charge in [-0.25, -0.2) is 4.98 Å². The zero-order valence-electron chi connectivity index (χ0n) is 13.1. The average Bonchev–Trinajstić information content (AvgIpc) is 3.19. The van der Waals surface area contributed by atoms with E-state index in [0.29, 0.717) is 12.5 Å². The second-order valence-electron chi connectivity index (χ2n) is 6.16. The van der Waals surface area contributed by atoms with E-state index >= 15 is 0 Å². The highest BCUT2D eigenvalue weighted by Crippen LogP contribution is 2.29. The van der Waals surface area contributed by atoms with Crippen molar-refractivity contribution in [3.63, 3.8) is 0 Å². The fourth-order valence-electron chi connectivity index (χ4n) is 3.11. The lowest BCUT2D eigenvalue weighted by Gasteiger charge is -2.31. The van der Waals surface area contributed by atoms with E-state index in [1.807, 2.05) is 11.8 Å². The number of rotatable bonds is 5.